The fraction of sp³-hybridized carbons (Fsp3) is 0. The van der Waals surface area contributed by atoms with E-state index in [1.165, 1.54) is 18.7 Å². The number of rotatable bonds is 8. The molecule has 0 aliphatic carbocycles. The summed E-state index contributed by atoms with van der Waals surface area (Å²) in [7, 11) is 0. The van der Waals surface area contributed by atoms with Crippen LogP contribution in [0.5, 0.6) is 0 Å². The van der Waals surface area contributed by atoms with Crippen LogP contribution in [-0.4, -0.2) is 39.5 Å². The number of hydrogen-bond acceptors (Lipinski definition) is 8. The number of fused-ring (bicyclic) bond motifs is 6. The largest absolute Gasteiger partial charge is 0.455 e. The Labute approximate surface area is 399 Å². The van der Waals surface area contributed by atoms with Gasteiger partial charge in [-0.05, 0) is 88.4 Å². The molecule has 8 aromatic carbocycles. The van der Waals surface area contributed by atoms with Gasteiger partial charge in [0.05, 0.1) is 26.3 Å². The highest BCUT2D eigenvalue weighted by atomic mass is 16.3. The number of nitrogens with zero attached hydrogens (tertiary/aromatic N) is 8. The molecule has 318 valence electrons. The molecule has 0 unspecified atom stereocenters. The zero-order valence-electron chi connectivity index (χ0n) is 42.7. The molecule has 0 fully saturated rings. The Morgan fingerprint density at radius 1 is 0.382 bits per heavy atom. The summed E-state index contributed by atoms with van der Waals surface area (Å²) >= 11 is 0. The third-order valence-electron chi connectivity index (χ3n) is 12.1. The summed E-state index contributed by atoms with van der Waals surface area (Å²) in [6.07, 6.45) is 9.83. The maximum absolute atomic E-state index is 9.26. The van der Waals surface area contributed by atoms with E-state index < -0.39 is 12.1 Å². The average Bonchev–Trinajstić information content (AvgIpc) is 4.17. The molecule has 0 N–H and O–H groups in total. The summed E-state index contributed by atoms with van der Waals surface area (Å²) in [5, 5.41) is 2.06. The average molecular weight is 880 g/mol. The van der Waals surface area contributed by atoms with E-state index in [4.69, 9.17) is 26.2 Å². The first kappa shape index (κ1) is 32.2. The highest BCUT2D eigenvalue weighted by Crippen LogP contribution is 2.40. The highest BCUT2D eigenvalue weighted by Gasteiger charge is 2.21. The van der Waals surface area contributed by atoms with Crippen molar-refractivity contribution in [3.8, 4) is 84.4 Å². The molecule has 68 heavy (non-hydrogen) atoms. The lowest BCUT2D eigenvalue weighted by Gasteiger charge is -2.15. The van der Waals surface area contributed by atoms with Crippen molar-refractivity contribution in [2.75, 3.05) is 0 Å². The molecule has 0 spiro atoms. The van der Waals surface area contributed by atoms with Gasteiger partial charge in [0.1, 0.15) is 23.8 Å². The molecular formula is C59H36N8O. The normalized spacial score (nSPS) is 13.0. The van der Waals surface area contributed by atoms with Crippen LogP contribution in [0, 0.1) is 0 Å². The second-order valence-corrected chi connectivity index (χ2v) is 16.2. The summed E-state index contributed by atoms with van der Waals surface area (Å²) in [5.74, 6) is 0.804. The number of benzene rings is 8. The molecule has 0 saturated heterocycles. The van der Waals surface area contributed by atoms with Gasteiger partial charge in [0.25, 0.3) is 0 Å². The Morgan fingerprint density at radius 3 is 1.78 bits per heavy atom. The minimum atomic E-state index is -0.491. The monoisotopic (exact) mass is 879 g/mol. The van der Waals surface area contributed by atoms with E-state index >= 15 is 0 Å². The van der Waals surface area contributed by atoms with Crippen molar-refractivity contribution in [3.63, 3.8) is 0 Å². The van der Waals surface area contributed by atoms with Crippen molar-refractivity contribution in [3.05, 3.63) is 219 Å². The molecular weight excluding hydrogens is 837 g/mol. The van der Waals surface area contributed by atoms with Gasteiger partial charge >= 0.3 is 0 Å². The number of hydrogen-bond donors (Lipinski definition) is 0. The van der Waals surface area contributed by atoms with Gasteiger partial charge in [-0.25, -0.2) is 34.9 Å². The van der Waals surface area contributed by atoms with E-state index in [9.17, 15) is 2.74 Å². The van der Waals surface area contributed by atoms with Gasteiger partial charge in [0.2, 0.25) is 0 Å². The quantitative estimate of drug-likeness (QED) is 0.148. The van der Waals surface area contributed by atoms with Crippen LogP contribution in [-0.2, 0) is 0 Å². The van der Waals surface area contributed by atoms with Crippen LogP contribution in [0.25, 0.3) is 128 Å². The molecule has 0 amide bonds. The fourth-order valence-electron chi connectivity index (χ4n) is 8.97. The molecule has 5 aromatic heterocycles. The lowest BCUT2D eigenvalue weighted by atomic mass is 9.98. The summed E-state index contributed by atoms with van der Waals surface area (Å²) in [4.78, 5) is 32.9. The number of aromatic nitrogens is 8. The topological polar surface area (TPSA) is 108 Å². The van der Waals surface area contributed by atoms with E-state index in [1.807, 2.05) is 84.9 Å². The Balaban J connectivity index is 1.05. The molecule has 0 radical (unpaired) electrons. The lowest BCUT2D eigenvalue weighted by molar-refractivity contribution is 0.670. The molecule has 13 aromatic rings. The molecule has 0 bridgehead atoms. The van der Waals surface area contributed by atoms with Crippen LogP contribution in [0.1, 0.15) is 9.60 Å². The van der Waals surface area contributed by atoms with Crippen LogP contribution in [0.3, 0.4) is 0 Å². The Bertz CT molecular complexity index is 4400. The first-order chi connectivity index (χ1) is 36.6. The third kappa shape index (κ3) is 6.76. The lowest BCUT2D eigenvalue weighted by Crippen LogP contribution is -2.04. The van der Waals surface area contributed by atoms with Crippen LogP contribution in [0.15, 0.2) is 224 Å². The van der Waals surface area contributed by atoms with Crippen LogP contribution in [0.2, 0.25) is 0 Å². The van der Waals surface area contributed by atoms with Crippen LogP contribution < -0.4 is 0 Å². The van der Waals surface area contributed by atoms with E-state index in [1.54, 1.807) is 47.6 Å². The number of furan rings is 1. The Hall–Kier alpha value is -9.47. The van der Waals surface area contributed by atoms with Gasteiger partial charge in [0, 0.05) is 79.7 Å². The fourth-order valence-corrected chi connectivity index (χ4v) is 8.97. The van der Waals surface area contributed by atoms with Gasteiger partial charge in [-0.2, -0.15) is 0 Å². The molecule has 0 aliphatic heterocycles. The first-order valence-corrected chi connectivity index (χ1v) is 21.7. The third-order valence-corrected chi connectivity index (χ3v) is 12.1. The smallest absolute Gasteiger partial charge is 0.166 e. The van der Waals surface area contributed by atoms with Crippen molar-refractivity contribution in [2.45, 2.75) is 0 Å². The SMILES string of the molecule is [2H]c1cc([2H])c2c(c1[2H])c1c([2H])c([2H])c([2H])c([2H])c1n2-c1ccccc1-c1nc(-c2cc(-c3cncnc3)cc(-c3cncnc3)c2)nc(-c2cccc(-c3cccc4c3oc3ccc(-c5ccccc5)cc34)c2)n1. The highest BCUT2D eigenvalue weighted by molar-refractivity contribution is 6.11. The van der Waals surface area contributed by atoms with Gasteiger partial charge in [-0.3, -0.25) is 0 Å². The van der Waals surface area contributed by atoms with Gasteiger partial charge in [-0.1, -0.05) is 121 Å². The van der Waals surface area contributed by atoms with Gasteiger partial charge in [-0.15, -0.1) is 0 Å². The molecule has 0 atom stereocenters. The van der Waals surface area contributed by atoms with Crippen LogP contribution in [0.4, 0.5) is 0 Å². The number of para-hydroxylation sites is 4. The summed E-state index contributed by atoms with van der Waals surface area (Å²) < 4.78 is 70.8. The Kier molecular flexibility index (Phi) is 7.68. The van der Waals surface area contributed by atoms with E-state index in [0.717, 1.165) is 66.4 Å². The summed E-state index contributed by atoms with van der Waals surface area (Å²) in [5.41, 5.74) is 10.7. The predicted molar refractivity (Wildman–Crippen MR) is 271 cm³/mol. The van der Waals surface area contributed by atoms with E-state index in [2.05, 4.69) is 50.3 Å². The van der Waals surface area contributed by atoms with E-state index in [0.29, 0.717) is 34.0 Å². The Morgan fingerprint density at radius 2 is 0.985 bits per heavy atom. The molecule has 0 saturated carbocycles. The molecule has 9 nitrogen and oxygen atoms in total. The minimum Gasteiger partial charge on any atom is -0.455 e. The van der Waals surface area contributed by atoms with Crippen molar-refractivity contribution >= 4 is 43.7 Å². The van der Waals surface area contributed by atoms with E-state index in [-0.39, 0.29) is 57.8 Å². The zero-order chi connectivity index (χ0) is 51.1. The summed E-state index contributed by atoms with van der Waals surface area (Å²) in [6, 6.07) is 42.4. The molecule has 5 heterocycles. The zero-order valence-corrected chi connectivity index (χ0v) is 35.7. The molecule has 0 aliphatic rings. The van der Waals surface area contributed by atoms with Gasteiger partial charge in [0.15, 0.2) is 17.5 Å². The van der Waals surface area contributed by atoms with Crippen molar-refractivity contribution in [1.29, 1.82) is 0 Å². The molecule has 9 heteroatoms. The van der Waals surface area contributed by atoms with Crippen LogP contribution >= 0.6 is 0 Å². The maximum atomic E-state index is 9.26. The maximum Gasteiger partial charge on any atom is 0.166 e. The molecule has 13 rings (SSSR count). The second-order valence-electron chi connectivity index (χ2n) is 16.2. The van der Waals surface area contributed by atoms with Gasteiger partial charge < -0.3 is 8.98 Å². The second kappa shape index (κ2) is 16.2. The van der Waals surface area contributed by atoms with Crippen molar-refractivity contribution in [1.82, 2.24) is 39.5 Å². The van der Waals surface area contributed by atoms with Crippen molar-refractivity contribution in [2.24, 2.45) is 0 Å². The predicted octanol–water partition coefficient (Wildman–Crippen LogP) is 14.1. The standard InChI is InChI=1S/C59H36N8O/c1-2-12-37(13-3-1)38-24-25-55-51(30-38)49-20-11-19-46(56(49)68-55)39-14-10-15-40(26-39)57-64-58(43-28-41(44-31-60-35-61-32-44)27-42(29-43)45-33-62-36-63-34-45)66-59(65-57)50-18-6-9-23-54(50)67-52-21-7-4-16-47(52)48-17-5-8-22-53(48)67/h1-36H/i4D,5D,7D,16D,17D,21D,22D. The summed E-state index contributed by atoms with van der Waals surface area (Å²) in [6.45, 7) is 0. The minimum absolute atomic E-state index is 0.0301. The van der Waals surface area contributed by atoms with Crippen molar-refractivity contribution < 1.29 is 14.0 Å². The first-order valence-electron chi connectivity index (χ1n) is 25.2.